The van der Waals surface area contributed by atoms with E-state index < -0.39 is 5.54 Å². The SMILES string of the molecule is CCOC(=O)C1(NC(C)CC)CCCc2ccccc21. The van der Waals surface area contributed by atoms with Gasteiger partial charge >= 0.3 is 5.97 Å². The molecule has 1 aromatic rings. The van der Waals surface area contributed by atoms with Crippen LogP contribution >= 0.6 is 0 Å². The third-order valence-electron chi connectivity index (χ3n) is 4.20. The van der Waals surface area contributed by atoms with Crippen molar-refractivity contribution in [3.05, 3.63) is 35.4 Å². The van der Waals surface area contributed by atoms with Crippen LogP contribution in [0.1, 0.15) is 51.2 Å². The number of benzene rings is 1. The minimum Gasteiger partial charge on any atom is -0.464 e. The van der Waals surface area contributed by atoms with E-state index in [1.165, 1.54) is 5.56 Å². The molecule has 2 rings (SSSR count). The van der Waals surface area contributed by atoms with Gasteiger partial charge in [-0.15, -0.1) is 0 Å². The van der Waals surface area contributed by atoms with E-state index in [1.807, 2.05) is 19.1 Å². The molecular formula is C17H25NO2. The highest BCUT2D eigenvalue weighted by atomic mass is 16.5. The molecule has 2 unspecified atom stereocenters. The van der Waals surface area contributed by atoms with Gasteiger partial charge in [0.2, 0.25) is 0 Å². The highest BCUT2D eigenvalue weighted by Crippen LogP contribution is 2.37. The van der Waals surface area contributed by atoms with Crippen LogP contribution in [0.25, 0.3) is 0 Å². The third kappa shape index (κ3) is 2.73. The van der Waals surface area contributed by atoms with Crippen molar-refractivity contribution in [3.8, 4) is 0 Å². The van der Waals surface area contributed by atoms with Gasteiger partial charge in [0.15, 0.2) is 0 Å². The van der Waals surface area contributed by atoms with Gasteiger partial charge in [0.1, 0.15) is 5.54 Å². The van der Waals surface area contributed by atoms with Crippen molar-refractivity contribution in [2.45, 2.75) is 58.0 Å². The predicted octanol–water partition coefficient (Wildman–Crippen LogP) is 3.17. The molecule has 20 heavy (non-hydrogen) atoms. The van der Waals surface area contributed by atoms with Crippen LogP contribution < -0.4 is 5.32 Å². The lowest BCUT2D eigenvalue weighted by molar-refractivity contribution is -0.153. The number of ether oxygens (including phenoxy) is 1. The Morgan fingerprint density at radius 1 is 1.40 bits per heavy atom. The van der Waals surface area contributed by atoms with E-state index in [-0.39, 0.29) is 12.0 Å². The Balaban J connectivity index is 2.44. The second-order valence-electron chi connectivity index (χ2n) is 5.59. The number of aryl methyl sites for hydroxylation is 1. The summed E-state index contributed by atoms with van der Waals surface area (Å²) < 4.78 is 5.39. The Bertz CT molecular complexity index is 472. The largest absolute Gasteiger partial charge is 0.464 e. The second kappa shape index (κ2) is 6.40. The first-order valence-corrected chi connectivity index (χ1v) is 7.67. The summed E-state index contributed by atoms with van der Waals surface area (Å²) in [7, 11) is 0. The highest BCUT2D eigenvalue weighted by molar-refractivity contribution is 5.83. The maximum absolute atomic E-state index is 12.6. The van der Waals surface area contributed by atoms with Gasteiger partial charge in [-0.1, -0.05) is 31.2 Å². The molecule has 0 fully saturated rings. The van der Waals surface area contributed by atoms with Crippen LogP contribution in [-0.2, 0) is 21.5 Å². The van der Waals surface area contributed by atoms with Gasteiger partial charge < -0.3 is 4.74 Å². The molecule has 0 heterocycles. The fourth-order valence-corrected chi connectivity index (χ4v) is 3.03. The zero-order valence-corrected chi connectivity index (χ0v) is 12.7. The van der Waals surface area contributed by atoms with Gasteiger partial charge in [0.25, 0.3) is 0 Å². The van der Waals surface area contributed by atoms with Crippen LogP contribution in [0.3, 0.4) is 0 Å². The molecule has 110 valence electrons. The Kier molecular flexibility index (Phi) is 4.81. The van der Waals surface area contributed by atoms with E-state index in [0.29, 0.717) is 6.61 Å². The monoisotopic (exact) mass is 275 g/mol. The van der Waals surface area contributed by atoms with Crippen LogP contribution in [0, 0.1) is 0 Å². The van der Waals surface area contributed by atoms with E-state index in [2.05, 4.69) is 31.3 Å². The molecule has 0 amide bonds. The van der Waals surface area contributed by atoms with Crippen molar-refractivity contribution < 1.29 is 9.53 Å². The lowest BCUT2D eigenvalue weighted by Crippen LogP contribution is -2.55. The lowest BCUT2D eigenvalue weighted by atomic mass is 9.76. The minimum absolute atomic E-state index is 0.132. The first kappa shape index (κ1) is 15.0. The second-order valence-corrected chi connectivity index (χ2v) is 5.59. The fraction of sp³-hybridized carbons (Fsp3) is 0.588. The van der Waals surface area contributed by atoms with E-state index in [4.69, 9.17) is 4.74 Å². The summed E-state index contributed by atoms with van der Waals surface area (Å²) in [6, 6.07) is 8.53. The predicted molar refractivity (Wildman–Crippen MR) is 80.6 cm³/mol. The van der Waals surface area contributed by atoms with Crippen molar-refractivity contribution in [1.29, 1.82) is 0 Å². The van der Waals surface area contributed by atoms with Crippen molar-refractivity contribution in [2.75, 3.05) is 6.61 Å². The normalized spacial score (nSPS) is 22.9. The van der Waals surface area contributed by atoms with Gasteiger partial charge in [-0.3, -0.25) is 5.32 Å². The van der Waals surface area contributed by atoms with Gasteiger partial charge in [-0.05, 0) is 50.7 Å². The smallest absolute Gasteiger partial charge is 0.331 e. The van der Waals surface area contributed by atoms with E-state index in [0.717, 1.165) is 31.2 Å². The average molecular weight is 275 g/mol. The molecule has 0 aromatic heterocycles. The Morgan fingerprint density at radius 2 is 2.15 bits per heavy atom. The minimum atomic E-state index is -0.666. The van der Waals surface area contributed by atoms with E-state index >= 15 is 0 Å². The molecule has 0 radical (unpaired) electrons. The van der Waals surface area contributed by atoms with Crippen LogP contribution in [0.15, 0.2) is 24.3 Å². The van der Waals surface area contributed by atoms with Crippen molar-refractivity contribution >= 4 is 5.97 Å². The number of fused-ring (bicyclic) bond motifs is 1. The summed E-state index contributed by atoms with van der Waals surface area (Å²) in [6.07, 6.45) is 3.86. The molecule has 2 atom stereocenters. The fourth-order valence-electron chi connectivity index (χ4n) is 3.03. The molecule has 1 aromatic carbocycles. The first-order valence-electron chi connectivity index (χ1n) is 7.67. The van der Waals surface area contributed by atoms with Crippen LogP contribution in [0.5, 0.6) is 0 Å². The number of nitrogens with one attached hydrogen (secondary N) is 1. The summed E-state index contributed by atoms with van der Waals surface area (Å²) in [5, 5.41) is 3.55. The van der Waals surface area contributed by atoms with E-state index in [9.17, 15) is 4.79 Å². The van der Waals surface area contributed by atoms with Gasteiger partial charge in [0.05, 0.1) is 6.61 Å². The summed E-state index contributed by atoms with van der Waals surface area (Å²) in [4.78, 5) is 12.6. The van der Waals surface area contributed by atoms with Crippen molar-refractivity contribution in [3.63, 3.8) is 0 Å². The molecular weight excluding hydrogens is 250 g/mol. The summed E-state index contributed by atoms with van der Waals surface area (Å²) in [5.41, 5.74) is 1.70. The molecule has 0 saturated heterocycles. The maximum Gasteiger partial charge on any atom is 0.331 e. The first-order chi connectivity index (χ1) is 9.64. The molecule has 0 aliphatic heterocycles. The zero-order chi connectivity index (χ0) is 14.6. The maximum atomic E-state index is 12.6. The standard InChI is InChI=1S/C17H25NO2/c1-4-13(3)18-17(16(19)20-5-2)12-8-10-14-9-6-7-11-15(14)17/h6-7,9,11,13,18H,4-5,8,10,12H2,1-3H3. The van der Waals surface area contributed by atoms with Gasteiger partial charge in [-0.25, -0.2) is 4.79 Å². The summed E-state index contributed by atoms with van der Waals surface area (Å²) in [6.45, 7) is 6.54. The molecule has 3 heteroatoms. The van der Waals surface area contributed by atoms with Crippen molar-refractivity contribution in [2.24, 2.45) is 0 Å². The summed E-state index contributed by atoms with van der Waals surface area (Å²) in [5.74, 6) is -0.132. The Hall–Kier alpha value is -1.35. The Morgan fingerprint density at radius 3 is 2.85 bits per heavy atom. The molecule has 3 nitrogen and oxygen atoms in total. The molecule has 0 saturated carbocycles. The average Bonchev–Trinajstić information content (AvgIpc) is 2.47. The Labute approximate surface area is 121 Å². The number of carbonyl (C=O) groups excluding carboxylic acids is 1. The molecule has 1 N–H and O–H groups in total. The van der Waals surface area contributed by atoms with Crippen molar-refractivity contribution in [1.82, 2.24) is 5.32 Å². The van der Waals surface area contributed by atoms with Crippen LogP contribution in [-0.4, -0.2) is 18.6 Å². The number of carbonyl (C=O) groups is 1. The molecule has 0 bridgehead atoms. The van der Waals surface area contributed by atoms with Crippen LogP contribution in [0.2, 0.25) is 0 Å². The highest BCUT2D eigenvalue weighted by Gasteiger charge is 2.45. The number of hydrogen-bond acceptors (Lipinski definition) is 3. The number of hydrogen-bond donors (Lipinski definition) is 1. The third-order valence-corrected chi connectivity index (χ3v) is 4.20. The summed E-state index contributed by atoms with van der Waals surface area (Å²) >= 11 is 0. The molecule has 1 aliphatic carbocycles. The topological polar surface area (TPSA) is 38.3 Å². The molecule has 0 spiro atoms. The van der Waals surface area contributed by atoms with Gasteiger partial charge in [0, 0.05) is 6.04 Å². The molecule has 1 aliphatic rings. The zero-order valence-electron chi connectivity index (χ0n) is 12.7. The van der Waals surface area contributed by atoms with E-state index in [1.54, 1.807) is 0 Å². The number of rotatable bonds is 5. The van der Waals surface area contributed by atoms with Crippen LogP contribution in [0.4, 0.5) is 0 Å². The number of esters is 1. The van der Waals surface area contributed by atoms with Gasteiger partial charge in [-0.2, -0.15) is 0 Å². The quantitative estimate of drug-likeness (QED) is 0.839. The lowest BCUT2D eigenvalue weighted by Gasteiger charge is -2.39.